The second-order valence-corrected chi connectivity index (χ2v) is 7.76. The Morgan fingerprint density at radius 1 is 0.444 bits per heavy atom. The zero-order valence-corrected chi connectivity index (χ0v) is 18.1. The number of hydrogen-bond donors (Lipinski definition) is 0. The fourth-order valence-corrected chi connectivity index (χ4v) is 3.31. The van der Waals surface area contributed by atoms with E-state index in [9.17, 15) is 0 Å². The molecule has 0 radical (unpaired) electrons. The molecule has 27 heavy (non-hydrogen) atoms. The minimum atomic E-state index is 0.826. The van der Waals surface area contributed by atoms with Gasteiger partial charge in [-0.15, -0.1) is 0 Å². The molecule has 0 spiro atoms. The molecular weight excluding hydrogens is 332 g/mol. The molecule has 0 saturated carbocycles. The van der Waals surface area contributed by atoms with E-state index >= 15 is 0 Å². The molecule has 0 heterocycles. The van der Waals surface area contributed by atoms with Crippen molar-refractivity contribution in [3.8, 4) is 11.5 Å². The summed E-state index contributed by atoms with van der Waals surface area (Å²) in [6, 6.07) is 8.13. The molecule has 0 amide bonds. The van der Waals surface area contributed by atoms with Crippen LogP contribution >= 0.6 is 0 Å². The molecule has 0 saturated heterocycles. The summed E-state index contributed by atoms with van der Waals surface area (Å²) in [5.41, 5.74) is 0. The van der Waals surface area contributed by atoms with E-state index in [1.807, 2.05) is 24.3 Å². The highest BCUT2D eigenvalue weighted by Gasteiger charge is 1.98. The van der Waals surface area contributed by atoms with E-state index in [0.717, 1.165) is 37.6 Å². The highest BCUT2D eigenvalue weighted by atomic mass is 16.5. The zero-order chi connectivity index (χ0) is 19.4. The number of unbranched alkanes of at least 4 members (excludes halogenated alkanes) is 13. The second-order valence-electron chi connectivity index (χ2n) is 7.76. The Morgan fingerprint density at radius 2 is 0.741 bits per heavy atom. The largest absolute Gasteiger partial charge is 0.494 e. The summed E-state index contributed by atoms with van der Waals surface area (Å²) < 4.78 is 11.7. The normalized spacial score (nSPS) is 10.9. The average molecular weight is 377 g/mol. The van der Waals surface area contributed by atoms with Crippen molar-refractivity contribution < 1.29 is 9.47 Å². The van der Waals surface area contributed by atoms with Crippen LogP contribution < -0.4 is 9.47 Å². The van der Waals surface area contributed by atoms with E-state index in [2.05, 4.69) is 13.8 Å². The first kappa shape index (κ1) is 23.9. The van der Waals surface area contributed by atoms with Crippen LogP contribution in [0.3, 0.4) is 0 Å². The van der Waals surface area contributed by atoms with Crippen LogP contribution in [-0.2, 0) is 0 Å². The van der Waals surface area contributed by atoms with Crippen molar-refractivity contribution >= 4 is 0 Å². The van der Waals surface area contributed by atoms with E-state index < -0.39 is 0 Å². The lowest BCUT2D eigenvalue weighted by molar-refractivity contribution is 0.296. The molecule has 2 heteroatoms. The van der Waals surface area contributed by atoms with Gasteiger partial charge >= 0.3 is 0 Å². The number of benzene rings is 1. The van der Waals surface area contributed by atoms with Gasteiger partial charge < -0.3 is 9.47 Å². The monoisotopic (exact) mass is 376 g/mol. The Balaban J connectivity index is 1.96. The Kier molecular flexibility index (Phi) is 16.1. The summed E-state index contributed by atoms with van der Waals surface area (Å²) in [5.74, 6) is 1.92. The first-order valence-electron chi connectivity index (χ1n) is 11.7. The molecule has 0 aliphatic carbocycles. The fourth-order valence-electron chi connectivity index (χ4n) is 3.31. The molecule has 0 atom stereocenters. The quantitative estimate of drug-likeness (QED) is 0.226. The summed E-state index contributed by atoms with van der Waals surface area (Å²) in [5, 5.41) is 0. The van der Waals surface area contributed by atoms with E-state index in [1.54, 1.807) is 0 Å². The van der Waals surface area contributed by atoms with Crippen molar-refractivity contribution in [2.75, 3.05) is 13.2 Å². The third kappa shape index (κ3) is 14.5. The van der Waals surface area contributed by atoms with Crippen molar-refractivity contribution in [3.63, 3.8) is 0 Å². The number of hydrogen-bond acceptors (Lipinski definition) is 2. The van der Waals surface area contributed by atoms with Gasteiger partial charge in [-0.25, -0.2) is 0 Å². The summed E-state index contributed by atoms with van der Waals surface area (Å²) in [6.07, 6.45) is 19.9. The van der Waals surface area contributed by atoms with Crippen molar-refractivity contribution in [2.24, 2.45) is 0 Å². The molecule has 0 aliphatic heterocycles. The predicted molar refractivity (Wildman–Crippen MR) is 118 cm³/mol. The number of rotatable bonds is 19. The molecule has 2 nitrogen and oxygen atoms in total. The van der Waals surface area contributed by atoms with Gasteiger partial charge in [0.15, 0.2) is 0 Å². The van der Waals surface area contributed by atoms with Gasteiger partial charge in [-0.2, -0.15) is 0 Å². The van der Waals surface area contributed by atoms with Gasteiger partial charge in [0.25, 0.3) is 0 Å². The van der Waals surface area contributed by atoms with Crippen LogP contribution in [0.15, 0.2) is 24.3 Å². The molecule has 0 unspecified atom stereocenters. The summed E-state index contributed by atoms with van der Waals surface area (Å²) in [4.78, 5) is 0. The number of ether oxygens (including phenoxy) is 2. The Morgan fingerprint density at radius 3 is 1.07 bits per heavy atom. The van der Waals surface area contributed by atoms with Gasteiger partial charge in [0, 0.05) is 0 Å². The maximum atomic E-state index is 5.84. The SMILES string of the molecule is CCCCCCCCCCOc1ccc(OCCCCCCCCC)cc1. The van der Waals surface area contributed by atoms with Crippen LogP contribution in [0.2, 0.25) is 0 Å². The van der Waals surface area contributed by atoms with Crippen molar-refractivity contribution in [1.82, 2.24) is 0 Å². The maximum Gasteiger partial charge on any atom is 0.119 e. The predicted octanol–water partition coefficient (Wildman–Crippen LogP) is 8.34. The third-order valence-electron chi connectivity index (χ3n) is 5.11. The van der Waals surface area contributed by atoms with E-state index in [-0.39, 0.29) is 0 Å². The Bertz CT molecular complexity index is 413. The molecule has 0 aliphatic rings. The average Bonchev–Trinajstić information content (AvgIpc) is 2.70. The molecule has 0 bridgehead atoms. The first-order valence-corrected chi connectivity index (χ1v) is 11.7. The van der Waals surface area contributed by atoms with E-state index in [1.165, 1.54) is 83.5 Å². The van der Waals surface area contributed by atoms with Crippen molar-refractivity contribution in [3.05, 3.63) is 24.3 Å². The molecule has 0 N–H and O–H groups in total. The molecular formula is C25H44O2. The molecule has 1 rings (SSSR count). The summed E-state index contributed by atoms with van der Waals surface area (Å²) >= 11 is 0. The lowest BCUT2D eigenvalue weighted by atomic mass is 10.1. The Labute approximate surface area is 169 Å². The van der Waals surface area contributed by atoms with Crippen LogP contribution in [0.1, 0.15) is 110 Å². The van der Waals surface area contributed by atoms with Crippen LogP contribution in [0.5, 0.6) is 11.5 Å². The van der Waals surface area contributed by atoms with Crippen LogP contribution in [-0.4, -0.2) is 13.2 Å². The zero-order valence-electron chi connectivity index (χ0n) is 18.1. The van der Waals surface area contributed by atoms with Crippen molar-refractivity contribution in [2.45, 2.75) is 110 Å². The summed E-state index contributed by atoms with van der Waals surface area (Å²) in [6.45, 7) is 6.19. The topological polar surface area (TPSA) is 18.5 Å². The van der Waals surface area contributed by atoms with Gasteiger partial charge in [0.1, 0.15) is 11.5 Å². The van der Waals surface area contributed by atoms with Crippen molar-refractivity contribution in [1.29, 1.82) is 0 Å². The third-order valence-corrected chi connectivity index (χ3v) is 5.11. The van der Waals surface area contributed by atoms with Gasteiger partial charge in [0.05, 0.1) is 13.2 Å². The van der Waals surface area contributed by atoms with E-state index in [0.29, 0.717) is 0 Å². The van der Waals surface area contributed by atoms with Crippen LogP contribution in [0, 0.1) is 0 Å². The van der Waals surface area contributed by atoms with Crippen LogP contribution in [0.25, 0.3) is 0 Å². The maximum absolute atomic E-state index is 5.84. The van der Waals surface area contributed by atoms with Gasteiger partial charge in [-0.3, -0.25) is 0 Å². The van der Waals surface area contributed by atoms with E-state index in [4.69, 9.17) is 9.47 Å². The standard InChI is InChI=1S/C25H44O2/c1-3-5-7-9-11-13-15-17-23-27-25-20-18-24(19-21-25)26-22-16-14-12-10-8-6-4-2/h18-21H,3-17,22-23H2,1-2H3. The molecule has 0 aromatic heterocycles. The molecule has 156 valence electrons. The minimum Gasteiger partial charge on any atom is -0.494 e. The molecule has 1 aromatic rings. The summed E-state index contributed by atoms with van der Waals surface area (Å²) in [7, 11) is 0. The van der Waals surface area contributed by atoms with Gasteiger partial charge in [-0.1, -0.05) is 97.3 Å². The Hall–Kier alpha value is -1.18. The minimum absolute atomic E-state index is 0.826. The molecule has 1 aromatic carbocycles. The lowest BCUT2D eigenvalue weighted by Gasteiger charge is -2.09. The second kappa shape index (κ2) is 18.2. The first-order chi connectivity index (χ1) is 13.4. The highest BCUT2D eigenvalue weighted by Crippen LogP contribution is 2.18. The van der Waals surface area contributed by atoms with Gasteiger partial charge in [0.2, 0.25) is 0 Å². The smallest absolute Gasteiger partial charge is 0.119 e. The highest BCUT2D eigenvalue weighted by molar-refractivity contribution is 5.31. The lowest BCUT2D eigenvalue weighted by Crippen LogP contribution is -1.99. The fraction of sp³-hybridized carbons (Fsp3) is 0.760. The van der Waals surface area contributed by atoms with Crippen LogP contribution in [0.4, 0.5) is 0 Å². The van der Waals surface area contributed by atoms with Gasteiger partial charge in [-0.05, 0) is 37.1 Å². The molecule has 0 fully saturated rings.